The molecule has 0 fully saturated rings. The lowest BCUT2D eigenvalue weighted by Gasteiger charge is -2.08. The average molecular weight is 244 g/mol. The van der Waals surface area contributed by atoms with Gasteiger partial charge in [0.25, 0.3) is 0 Å². The van der Waals surface area contributed by atoms with Crippen molar-refractivity contribution in [3.8, 4) is 0 Å². The Labute approximate surface area is 104 Å². The van der Waals surface area contributed by atoms with E-state index in [1.54, 1.807) is 6.07 Å². The van der Waals surface area contributed by atoms with Gasteiger partial charge in [-0.2, -0.15) is 0 Å². The number of amides is 1. The third kappa shape index (κ3) is 2.76. The van der Waals surface area contributed by atoms with Crippen LogP contribution in [0.15, 0.2) is 48.7 Å². The third-order valence-corrected chi connectivity index (χ3v) is 2.42. The fourth-order valence-corrected chi connectivity index (χ4v) is 1.61. The predicted octanol–water partition coefficient (Wildman–Crippen LogP) is 1.50. The number of nitrogens with one attached hydrogen (secondary N) is 1. The van der Waals surface area contributed by atoms with Crippen molar-refractivity contribution in [1.29, 1.82) is 0 Å². The zero-order valence-electron chi connectivity index (χ0n) is 9.54. The molecule has 0 aliphatic carbocycles. The number of aromatic nitrogens is 1. The van der Waals surface area contributed by atoms with Crippen molar-refractivity contribution in [2.75, 3.05) is 5.43 Å². The van der Waals surface area contributed by atoms with Crippen molar-refractivity contribution in [3.63, 3.8) is 0 Å². The van der Waals surface area contributed by atoms with E-state index in [4.69, 9.17) is 5.11 Å². The van der Waals surface area contributed by atoms with Crippen LogP contribution in [-0.2, 0) is 11.2 Å². The summed E-state index contributed by atoms with van der Waals surface area (Å²) >= 11 is 0. The molecule has 2 rings (SSSR count). The first-order valence-corrected chi connectivity index (χ1v) is 5.41. The van der Waals surface area contributed by atoms with E-state index >= 15 is 0 Å². The Kier molecular flexibility index (Phi) is 3.43. The summed E-state index contributed by atoms with van der Waals surface area (Å²) in [5, 5.41) is 8.89. The smallest absolute Gasteiger partial charge is 0.354 e. The zero-order chi connectivity index (χ0) is 13.0. The molecule has 0 radical (unpaired) electrons. The molecule has 0 unspecified atom stereocenters. The molecule has 92 valence electrons. The van der Waals surface area contributed by atoms with Gasteiger partial charge >= 0.3 is 5.97 Å². The van der Waals surface area contributed by atoms with E-state index in [2.05, 4.69) is 5.43 Å². The number of hydrogen-bond donors (Lipinski definition) is 2. The second-order valence-electron chi connectivity index (χ2n) is 3.77. The molecule has 0 atom stereocenters. The Balaban J connectivity index is 2.04. The minimum Gasteiger partial charge on any atom is -0.477 e. The van der Waals surface area contributed by atoms with Crippen molar-refractivity contribution >= 4 is 11.9 Å². The number of benzene rings is 1. The van der Waals surface area contributed by atoms with Crippen LogP contribution >= 0.6 is 0 Å². The molecular formula is C13H12N2O3. The van der Waals surface area contributed by atoms with Gasteiger partial charge in [-0.05, 0) is 17.7 Å². The molecule has 0 aliphatic heterocycles. The second-order valence-corrected chi connectivity index (χ2v) is 3.77. The molecule has 0 saturated heterocycles. The monoisotopic (exact) mass is 244 g/mol. The maximum absolute atomic E-state index is 11.7. The first kappa shape index (κ1) is 11.9. The minimum atomic E-state index is -1.08. The first-order valence-electron chi connectivity index (χ1n) is 5.41. The van der Waals surface area contributed by atoms with Crippen LogP contribution in [0.3, 0.4) is 0 Å². The maximum atomic E-state index is 11.7. The largest absolute Gasteiger partial charge is 0.477 e. The first-order chi connectivity index (χ1) is 8.66. The van der Waals surface area contributed by atoms with Crippen LogP contribution in [0.25, 0.3) is 0 Å². The molecule has 2 N–H and O–H groups in total. The van der Waals surface area contributed by atoms with Crippen molar-refractivity contribution in [2.45, 2.75) is 6.42 Å². The normalized spacial score (nSPS) is 10.0. The molecule has 0 bridgehead atoms. The lowest BCUT2D eigenvalue weighted by molar-refractivity contribution is -0.116. The van der Waals surface area contributed by atoms with E-state index in [1.807, 2.05) is 30.3 Å². The summed E-state index contributed by atoms with van der Waals surface area (Å²) in [7, 11) is 0. The number of carboxylic acids is 1. The van der Waals surface area contributed by atoms with Gasteiger partial charge in [-0.25, -0.2) is 4.79 Å². The van der Waals surface area contributed by atoms with Crippen LogP contribution < -0.4 is 5.43 Å². The third-order valence-electron chi connectivity index (χ3n) is 2.42. The van der Waals surface area contributed by atoms with Crippen LogP contribution in [0.1, 0.15) is 16.1 Å². The molecule has 0 spiro atoms. The number of carbonyl (C=O) groups is 2. The van der Waals surface area contributed by atoms with E-state index in [-0.39, 0.29) is 18.0 Å². The molecular weight excluding hydrogens is 232 g/mol. The van der Waals surface area contributed by atoms with E-state index in [9.17, 15) is 9.59 Å². The number of rotatable bonds is 4. The van der Waals surface area contributed by atoms with E-state index in [0.717, 1.165) is 5.56 Å². The molecule has 2 aromatic rings. The lowest BCUT2D eigenvalue weighted by Crippen LogP contribution is -2.26. The summed E-state index contributed by atoms with van der Waals surface area (Å²) in [4.78, 5) is 22.6. The Morgan fingerprint density at radius 3 is 2.50 bits per heavy atom. The summed E-state index contributed by atoms with van der Waals surface area (Å²) in [5.41, 5.74) is 3.42. The Bertz CT molecular complexity index is 561. The van der Waals surface area contributed by atoms with Gasteiger partial charge in [0.05, 0.1) is 6.42 Å². The van der Waals surface area contributed by atoms with Crippen molar-refractivity contribution in [1.82, 2.24) is 4.68 Å². The van der Waals surface area contributed by atoms with Crippen molar-refractivity contribution < 1.29 is 14.7 Å². The lowest BCUT2D eigenvalue weighted by atomic mass is 10.1. The Morgan fingerprint density at radius 1 is 1.11 bits per heavy atom. The van der Waals surface area contributed by atoms with Crippen LogP contribution in [0.4, 0.5) is 0 Å². The summed E-state index contributed by atoms with van der Waals surface area (Å²) in [6.07, 6.45) is 1.70. The molecule has 18 heavy (non-hydrogen) atoms. The SMILES string of the molecule is O=C(Cc1ccccc1)Nn1cccc1C(=O)O. The maximum Gasteiger partial charge on any atom is 0.354 e. The molecule has 1 aromatic heterocycles. The van der Waals surface area contributed by atoms with Crippen molar-refractivity contribution in [3.05, 3.63) is 59.9 Å². The topological polar surface area (TPSA) is 71.3 Å². The van der Waals surface area contributed by atoms with Crippen LogP contribution in [-0.4, -0.2) is 21.7 Å². The van der Waals surface area contributed by atoms with Crippen LogP contribution in [0.5, 0.6) is 0 Å². The molecule has 1 aromatic carbocycles. The standard InChI is InChI=1S/C13H12N2O3/c16-12(9-10-5-2-1-3-6-10)14-15-8-4-7-11(15)13(17)18/h1-8H,9H2,(H,14,16)(H,17,18). The molecule has 0 saturated carbocycles. The average Bonchev–Trinajstić information content (AvgIpc) is 2.78. The summed E-state index contributed by atoms with van der Waals surface area (Å²) in [6.45, 7) is 0. The quantitative estimate of drug-likeness (QED) is 0.856. The highest BCUT2D eigenvalue weighted by Gasteiger charge is 2.10. The van der Waals surface area contributed by atoms with Gasteiger partial charge in [-0.15, -0.1) is 0 Å². The van der Waals surface area contributed by atoms with E-state index in [0.29, 0.717) is 0 Å². The number of hydrogen-bond acceptors (Lipinski definition) is 2. The van der Waals surface area contributed by atoms with E-state index < -0.39 is 5.97 Å². The highest BCUT2D eigenvalue weighted by molar-refractivity contribution is 5.89. The van der Waals surface area contributed by atoms with E-state index in [1.165, 1.54) is 16.9 Å². The molecule has 0 aliphatic rings. The molecule has 1 heterocycles. The summed E-state index contributed by atoms with van der Waals surface area (Å²) in [6, 6.07) is 12.2. The number of carboxylic acid groups (broad SMARTS) is 1. The predicted molar refractivity (Wildman–Crippen MR) is 65.9 cm³/mol. The minimum absolute atomic E-state index is 0.0245. The molecule has 1 amide bonds. The number of aromatic carboxylic acids is 1. The van der Waals surface area contributed by atoms with Gasteiger partial charge in [-0.1, -0.05) is 30.3 Å². The van der Waals surface area contributed by atoms with Gasteiger partial charge in [0.15, 0.2) is 0 Å². The highest BCUT2D eigenvalue weighted by atomic mass is 16.4. The van der Waals surface area contributed by atoms with Gasteiger partial charge in [0, 0.05) is 6.20 Å². The van der Waals surface area contributed by atoms with Gasteiger partial charge in [0.1, 0.15) is 5.69 Å². The summed E-state index contributed by atoms with van der Waals surface area (Å²) < 4.78 is 1.20. The molecule has 5 heteroatoms. The number of carbonyl (C=O) groups excluding carboxylic acids is 1. The van der Waals surface area contributed by atoms with Crippen LogP contribution in [0.2, 0.25) is 0 Å². The van der Waals surface area contributed by atoms with Gasteiger partial charge in [0.2, 0.25) is 5.91 Å². The highest BCUT2D eigenvalue weighted by Crippen LogP contribution is 2.02. The fourth-order valence-electron chi connectivity index (χ4n) is 1.61. The number of nitrogens with zero attached hydrogens (tertiary/aromatic N) is 1. The fraction of sp³-hybridized carbons (Fsp3) is 0.0769. The Morgan fingerprint density at radius 2 is 1.83 bits per heavy atom. The van der Waals surface area contributed by atoms with Gasteiger partial charge in [-0.3, -0.25) is 14.9 Å². The Hall–Kier alpha value is -2.56. The second kappa shape index (κ2) is 5.18. The molecule has 5 nitrogen and oxygen atoms in total. The van der Waals surface area contributed by atoms with Crippen LogP contribution in [0, 0.1) is 0 Å². The van der Waals surface area contributed by atoms with Gasteiger partial charge < -0.3 is 5.11 Å². The zero-order valence-corrected chi connectivity index (χ0v) is 9.54. The van der Waals surface area contributed by atoms with Crippen molar-refractivity contribution in [2.24, 2.45) is 0 Å². The summed E-state index contributed by atoms with van der Waals surface area (Å²) in [5.74, 6) is -1.35.